The van der Waals surface area contributed by atoms with E-state index in [1.807, 2.05) is 6.07 Å². The van der Waals surface area contributed by atoms with Crippen LogP contribution < -0.4 is 14.8 Å². The fraction of sp³-hybridized carbons (Fsp3) is 0.0667. The van der Waals surface area contributed by atoms with Crippen LogP contribution >= 0.6 is 0 Å². The van der Waals surface area contributed by atoms with Gasteiger partial charge in [0, 0.05) is 30.0 Å². The maximum atomic E-state index is 10.9. The summed E-state index contributed by atoms with van der Waals surface area (Å²) in [7, 11) is 0. The van der Waals surface area contributed by atoms with Crippen molar-refractivity contribution in [3.05, 3.63) is 46.5 Å². The molecule has 10 nitrogen and oxygen atoms in total. The van der Waals surface area contributed by atoms with Crippen LogP contribution in [0.1, 0.15) is 0 Å². The molecule has 10 heteroatoms. The van der Waals surface area contributed by atoms with Gasteiger partial charge in [0.05, 0.1) is 16.0 Å². The molecule has 0 bridgehead atoms. The van der Waals surface area contributed by atoms with E-state index < -0.39 is 4.92 Å². The number of hydrogen-bond donors (Lipinski definition) is 2. The van der Waals surface area contributed by atoms with Gasteiger partial charge in [-0.2, -0.15) is 4.98 Å². The summed E-state index contributed by atoms with van der Waals surface area (Å²) in [5.74, 6) is 2.19. The fourth-order valence-electron chi connectivity index (χ4n) is 2.76. The Balaban J connectivity index is 1.54. The zero-order valence-electron chi connectivity index (χ0n) is 12.6. The molecule has 1 aliphatic rings. The van der Waals surface area contributed by atoms with Gasteiger partial charge in [-0.05, 0) is 6.07 Å². The first kappa shape index (κ1) is 13.6. The van der Waals surface area contributed by atoms with Gasteiger partial charge in [-0.15, -0.1) is 0 Å². The van der Waals surface area contributed by atoms with Crippen molar-refractivity contribution < 1.29 is 14.4 Å². The molecular formula is C15H10N6O4. The molecule has 25 heavy (non-hydrogen) atoms. The molecule has 0 unspecified atom stereocenters. The predicted octanol–water partition coefficient (Wildman–Crippen LogP) is 2.59. The average Bonchev–Trinajstić information content (AvgIpc) is 3.27. The predicted molar refractivity (Wildman–Crippen MR) is 87.3 cm³/mol. The van der Waals surface area contributed by atoms with Crippen LogP contribution in [0.2, 0.25) is 0 Å². The summed E-state index contributed by atoms with van der Waals surface area (Å²) >= 11 is 0. The topological polar surface area (TPSA) is 120 Å². The highest BCUT2D eigenvalue weighted by molar-refractivity contribution is 5.83. The van der Waals surface area contributed by atoms with E-state index in [-0.39, 0.29) is 12.5 Å². The second kappa shape index (κ2) is 4.84. The maximum Gasteiger partial charge on any atom is 0.271 e. The lowest BCUT2D eigenvalue weighted by atomic mass is 10.3. The lowest BCUT2D eigenvalue weighted by Crippen LogP contribution is -1.95. The molecule has 0 spiro atoms. The third-order valence-corrected chi connectivity index (χ3v) is 3.88. The first-order valence-electron chi connectivity index (χ1n) is 7.37. The summed E-state index contributed by atoms with van der Waals surface area (Å²) < 4.78 is 12.4. The van der Waals surface area contributed by atoms with Crippen LogP contribution in [0.4, 0.5) is 17.3 Å². The number of H-pyrrole nitrogens is 1. The molecular weight excluding hydrogens is 328 g/mol. The molecule has 0 radical (unpaired) electrons. The largest absolute Gasteiger partial charge is 0.454 e. The van der Waals surface area contributed by atoms with Crippen LogP contribution in [0.25, 0.3) is 16.8 Å². The smallest absolute Gasteiger partial charge is 0.271 e. The van der Waals surface area contributed by atoms with E-state index in [1.54, 1.807) is 22.7 Å². The minimum atomic E-state index is -0.448. The summed E-state index contributed by atoms with van der Waals surface area (Å²) in [5.41, 5.74) is 2.07. The van der Waals surface area contributed by atoms with Crippen LogP contribution in [0.5, 0.6) is 11.5 Å². The molecule has 0 aliphatic carbocycles. The standard InChI is InChI=1S/C15H10N6O4/c22-21(23)9-3-1-2-8(4-9)16-14-18-15-17-10-5-12-13(25-7-24-12)6-11(10)20(15)19-14/h1-6H,7H2,(H2,16,17,18,19). The number of hydrogen-bond acceptors (Lipinski definition) is 7. The number of benzene rings is 2. The molecule has 4 aromatic rings. The van der Waals surface area contributed by atoms with Gasteiger partial charge in [0.2, 0.25) is 12.7 Å². The van der Waals surface area contributed by atoms with E-state index in [4.69, 9.17) is 9.47 Å². The van der Waals surface area contributed by atoms with E-state index in [0.29, 0.717) is 28.9 Å². The molecule has 0 saturated heterocycles. The third kappa shape index (κ3) is 2.11. The Labute approximate surface area is 139 Å². The Bertz CT molecular complexity index is 1150. The Morgan fingerprint density at radius 2 is 2.04 bits per heavy atom. The summed E-state index contributed by atoms with van der Waals surface area (Å²) in [4.78, 5) is 19.2. The number of nitrogens with one attached hydrogen (secondary N) is 2. The molecule has 0 amide bonds. The molecule has 3 heterocycles. The van der Waals surface area contributed by atoms with Crippen LogP contribution in [-0.4, -0.2) is 31.3 Å². The van der Waals surface area contributed by atoms with Crippen molar-refractivity contribution in [1.82, 2.24) is 19.6 Å². The van der Waals surface area contributed by atoms with Gasteiger partial charge in [-0.25, -0.2) is 9.50 Å². The van der Waals surface area contributed by atoms with Crippen molar-refractivity contribution in [2.75, 3.05) is 12.1 Å². The Kier molecular flexibility index (Phi) is 2.63. The Hall–Kier alpha value is -3.82. The number of non-ortho nitro benzene ring substituents is 1. The third-order valence-electron chi connectivity index (χ3n) is 3.88. The highest BCUT2D eigenvalue weighted by atomic mass is 16.7. The normalized spacial score (nSPS) is 12.8. The Morgan fingerprint density at radius 1 is 1.20 bits per heavy atom. The van der Waals surface area contributed by atoms with Crippen LogP contribution in [0.15, 0.2) is 36.4 Å². The Morgan fingerprint density at radius 3 is 2.88 bits per heavy atom. The molecule has 2 aromatic carbocycles. The second-order valence-electron chi connectivity index (χ2n) is 5.45. The number of nitro benzene ring substituents is 1. The zero-order chi connectivity index (χ0) is 17.0. The van der Waals surface area contributed by atoms with Crippen molar-refractivity contribution in [3.63, 3.8) is 0 Å². The quantitative estimate of drug-likeness (QED) is 0.435. The molecule has 2 N–H and O–H groups in total. The van der Waals surface area contributed by atoms with Gasteiger partial charge in [0.15, 0.2) is 11.5 Å². The highest BCUT2D eigenvalue weighted by Gasteiger charge is 2.18. The van der Waals surface area contributed by atoms with Crippen molar-refractivity contribution in [2.45, 2.75) is 0 Å². The van der Waals surface area contributed by atoms with Crippen molar-refractivity contribution >= 4 is 34.1 Å². The molecule has 0 atom stereocenters. The van der Waals surface area contributed by atoms with Gasteiger partial charge < -0.3 is 14.8 Å². The van der Waals surface area contributed by atoms with E-state index in [0.717, 1.165) is 11.0 Å². The number of fused-ring (bicyclic) bond motifs is 4. The van der Waals surface area contributed by atoms with Crippen molar-refractivity contribution in [1.29, 1.82) is 0 Å². The minimum Gasteiger partial charge on any atom is -0.454 e. The molecule has 0 saturated carbocycles. The van der Waals surface area contributed by atoms with Gasteiger partial charge in [-0.3, -0.25) is 15.2 Å². The highest BCUT2D eigenvalue weighted by Crippen LogP contribution is 2.36. The number of aromatic amines is 1. The van der Waals surface area contributed by atoms with Gasteiger partial charge in [-0.1, -0.05) is 6.07 Å². The molecule has 1 aliphatic heterocycles. The minimum absolute atomic E-state index is 0.000468. The summed E-state index contributed by atoms with van der Waals surface area (Å²) in [6.07, 6.45) is 0. The average molecular weight is 338 g/mol. The van der Waals surface area contributed by atoms with Crippen molar-refractivity contribution in [2.24, 2.45) is 0 Å². The number of imidazole rings is 1. The van der Waals surface area contributed by atoms with E-state index >= 15 is 0 Å². The zero-order valence-corrected chi connectivity index (χ0v) is 12.6. The van der Waals surface area contributed by atoms with E-state index in [1.165, 1.54) is 12.1 Å². The number of nitrogens with zero attached hydrogens (tertiary/aromatic N) is 4. The maximum absolute atomic E-state index is 10.9. The lowest BCUT2D eigenvalue weighted by molar-refractivity contribution is -0.384. The first-order valence-corrected chi connectivity index (χ1v) is 7.37. The summed E-state index contributed by atoms with van der Waals surface area (Å²) in [6, 6.07) is 9.80. The molecule has 5 rings (SSSR count). The van der Waals surface area contributed by atoms with Gasteiger partial charge in [0.25, 0.3) is 11.5 Å². The van der Waals surface area contributed by atoms with Crippen LogP contribution in [-0.2, 0) is 0 Å². The molecule has 0 fully saturated rings. The fourth-order valence-corrected chi connectivity index (χ4v) is 2.76. The SMILES string of the molecule is O=[N+]([O-])c1cccc(Nc2nc3nc4cc5c(cc4n3[nH]2)OCO5)c1. The first-order chi connectivity index (χ1) is 12.2. The summed E-state index contributed by atoms with van der Waals surface area (Å²) in [5, 5.41) is 16.9. The number of ether oxygens (including phenoxy) is 2. The van der Waals surface area contributed by atoms with Gasteiger partial charge >= 0.3 is 0 Å². The van der Waals surface area contributed by atoms with Gasteiger partial charge in [0.1, 0.15) is 0 Å². The summed E-state index contributed by atoms with van der Waals surface area (Å²) in [6.45, 7) is 0.193. The molecule has 2 aromatic heterocycles. The number of rotatable bonds is 3. The van der Waals surface area contributed by atoms with E-state index in [2.05, 4.69) is 20.4 Å². The lowest BCUT2D eigenvalue weighted by Gasteiger charge is -2.02. The van der Waals surface area contributed by atoms with E-state index in [9.17, 15) is 10.1 Å². The van der Waals surface area contributed by atoms with Crippen molar-refractivity contribution in [3.8, 4) is 11.5 Å². The van der Waals surface area contributed by atoms with Crippen LogP contribution in [0, 0.1) is 10.1 Å². The second-order valence-corrected chi connectivity index (χ2v) is 5.45. The number of anilines is 2. The van der Waals surface area contributed by atoms with Crippen LogP contribution in [0.3, 0.4) is 0 Å². The number of nitro groups is 1. The number of aromatic nitrogens is 4. The monoisotopic (exact) mass is 338 g/mol. The molecule has 124 valence electrons.